The maximum absolute atomic E-state index is 12.6. The fourth-order valence-corrected chi connectivity index (χ4v) is 3.57. The Morgan fingerprint density at radius 1 is 1.33 bits per heavy atom. The fraction of sp³-hybridized carbons (Fsp3) is 0.529. The monoisotopic (exact) mass is 326 g/mol. The second kappa shape index (κ2) is 5.89. The molecule has 1 amide bonds. The maximum Gasteiger partial charge on any atom is 0.274 e. The van der Waals surface area contributed by atoms with E-state index in [0.29, 0.717) is 12.2 Å². The normalized spacial score (nSPS) is 19.6. The lowest BCUT2D eigenvalue weighted by molar-refractivity contribution is 0.0785. The molecule has 1 aliphatic carbocycles. The van der Waals surface area contributed by atoms with Crippen molar-refractivity contribution in [2.24, 2.45) is 7.05 Å². The van der Waals surface area contributed by atoms with Gasteiger partial charge < -0.3 is 10.2 Å². The van der Waals surface area contributed by atoms with Crippen LogP contribution in [-0.2, 0) is 19.9 Å². The average molecular weight is 326 g/mol. The number of hydrogen-bond donors (Lipinski definition) is 1. The van der Waals surface area contributed by atoms with Gasteiger partial charge in [0.15, 0.2) is 5.69 Å². The molecule has 2 aliphatic rings. The molecule has 0 bridgehead atoms. The van der Waals surface area contributed by atoms with Gasteiger partial charge in [0.05, 0.1) is 0 Å². The molecule has 3 heterocycles. The summed E-state index contributed by atoms with van der Waals surface area (Å²) in [5, 5.41) is 7.82. The minimum Gasteiger partial charge on any atom is -0.365 e. The molecule has 1 aliphatic heterocycles. The van der Waals surface area contributed by atoms with Crippen LogP contribution in [0.4, 0.5) is 5.82 Å². The molecular formula is C17H22N6O. The van der Waals surface area contributed by atoms with Crippen molar-refractivity contribution in [2.45, 2.75) is 38.6 Å². The molecule has 1 unspecified atom stereocenters. The smallest absolute Gasteiger partial charge is 0.274 e. The lowest BCUT2D eigenvalue weighted by Crippen LogP contribution is -2.32. The number of aromatic nitrogens is 4. The minimum atomic E-state index is 0.0101. The van der Waals surface area contributed by atoms with Gasteiger partial charge in [0.2, 0.25) is 0 Å². The third-order valence-corrected chi connectivity index (χ3v) is 5.02. The van der Waals surface area contributed by atoms with Crippen LogP contribution < -0.4 is 5.32 Å². The highest BCUT2D eigenvalue weighted by molar-refractivity contribution is 5.92. The van der Waals surface area contributed by atoms with E-state index in [-0.39, 0.29) is 11.9 Å². The van der Waals surface area contributed by atoms with Crippen LogP contribution in [0.15, 0.2) is 12.4 Å². The summed E-state index contributed by atoms with van der Waals surface area (Å²) in [6, 6.07) is 2.08. The van der Waals surface area contributed by atoms with E-state index in [1.165, 1.54) is 11.3 Å². The Labute approximate surface area is 141 Å². The molecule has 0 spiro atoms. The SMILES string of the molecule is Cc1cc(C(=O)N2CCC(Nc3ncnc4c3CCC4)C2)nn1C. The topological polar surface area (TPSA) is 75.9 Å². The molecule has 4 rings (SSSR count). The third kappa shape index (κ3) is 2.64. The van der Waals surface area contributed by atoms with Gasteiger partial charge in [-0.05, 0) is 38.7 Å². The molecule has 0 saturated carbocycles. The number of amides is 1. The largest absolute Gasteiger partial charge is 0.365 e. The van der Waals surface area contributed by atoms with Gasteiger partial charge in [-0.2, -0.15) is 5.10 Å². The quantitative estimate of drug-likeness (QED) is 0.921. The van der Waals surface area contributed by atoms with E-state index in [1.54, 1.807) is 11.0 Å². The molecule has 1 fully saturated rings. The summed E-state index contributed by atoms with van der Waals surface area (Å²) in [6.45, 7) is 3.39. The Morgan fingerprint density at radius 3 is 3.00 bits per heavy atom. The predicted molar refractivity (Wildman–Crippen MR) is 89.9 cm³/mol. The summed E-state index contributed by atoms with van der Waals surface area (Å²) in [7, 11) is 1.86. The molecule has 24 heavy (non-hydrogen) atoms. The number of nitrogens with zero attached hydrogens (tertiary/aromatic N) is 5. The summed E-state index contributed by atoms with van der Waals surface area (Å²) in [4.78, 5) is 23.2. The van der Waals surface area contributed by atoms with Gasteiger partial charge in [0.25, 0.3) is 5.91 Å². The van der Waals surface area contributed by atoms with Gasteiger partial charge in [-0.3, -0.25) is 9.48 Å². The van der Waals surface area contributed by atoms with Crippen LogP contribution in [0.25, 0.3) is 0 Å². The number of fused-ring (bicyclic) bond motifs is 1. The Balaban J connectivity index is 1.43. The van der Waals surface area contributed by atoms with Crippen molar-refractivity contribution in [2.75, 3.05) is 18.4 Å². The molecule has 7 nitrogen and oxygen atoms in total. The van der Waals surface area contributed by atoms with E-state index in [1.807, 2.05) is 24.9 Å². The van der Waals surface area contributed by atoms with E-state index in [2.05, 4.69) is 20.4 Å². The van der Waals surface area contributed by atoms with Crippen molar-refractivity contribution in [3.63, 3.8) is 0 Å². The highest BCUT2D eigenvalue weighted by atomic mass is 16.2. The first-order chi connectivity index (χ1) is 11.6. The molecule has 1 N–H and O–H groups in total. The highest BCUT2D eigenvalue weighted by Gasteiger charge is 2.29. The van der Waals surface area contributed by atoms with E-state index < -0.39 is 0 Å². The second-order valence-electron chi connectivity index (χ2n) is 6.68. The van der Waals surface area contributed by atoms with Gasteiger partial charge in [0, 0.05) is 43.1 Å². The molecule has 2 aromatic heterocycles. The zero-order chi connectivity index (χ0) is 16.7. The molecular weight excluding hydrogens is 304 g/mol. The van der Waals surface area contributed by atoms with Crippen molar-refractivity contribution in [1.29, 1.82) is 0 Å². The molecule has 126 valence electrons. The van der Waals surface area contributed by atoms with E-state index in [4.69, 9.17) is 0 Å². The standard InChI is InChI=1S/C17H22N6O/c1-11-8-15(21-22(11)2)17(24)23-7-6-12(9-23)20-16-13-4-3-5-14(13)18-10-19-16/h8,10,12H,3-7,9H2,1-2H3,(H,18,19,20). The Kier molecular flexibility index (Phi) is 3.70. The number of hydrogen-bond acceptors (Lipinski definition) is 5. The summed E-state index contributed by atoms with van der Waals surface area (Å²) < 4.78 is 1.74. The van der Waals surface area contributed by atoms with E-state index in [9.17, 15) is 4.79 Å². The number of carbonyl (C=O) groups excluding carboxylic acids is 1. The van der Waals surface area contributed by atoms with Gasteiger partial charge in [-0.1, -0.05) is 0 Å². The van der Waals surface area contributed by atoms with Gasteiger partial charge in [0.1, 0.15) is 12.1 Å². The van der Waals surface area contributed by atoms with Crippen LogP contribution in [0.5, 0.6) is 0 Å². The van der Waals surface area contributed by atoms with Gasteiger partial charge in [-0.15, -0.1) is 0 Å². The number of rotatable bonds is 3. The van der Waals surface area contributed by atoms with Crippen molar-refractivity contribution in [1.82, 2.24) is 24.6 Å². The summed E-state index contributed by atoms with van der Waals surface area (Å²) in [6.07, 6.45) is 5.80. The lowest BCUT2D eigenvalue weighted by atomic mass is 10.2. The second-order valence-corrected chi connectivity index (χ2v) is 6.68. The summed E-state index contributed by atoms with van der Waals surface area (Å²) in [5.74, 6) is 0.960. The maximum atomic E-state index is 12.6. The first kappa shape index (κ1) is 15.1. The Hall–Kier alpha value is -2.44. The average Bonchev–Trinajstić information content (AvgIpc) is 3.28. The molecule has 0 radical (unpaired) electrons. The number of carbonyl (C=O) groups is 1. The molecule has 2 aromatic rings. The summed E-state index contributed by atoms with van der Waals surface area (Å²) in [5.41, 5.74) is 3.94. The first-order valence-corrected chi connectivity index (χ1v) is 8.51. The molecule has 1 atom stereocenters. The van der Waals surface area contributed by atoms with E-state index in [0.717, 1.165) is 43.7 Å². The number of anilines is 1. The fourth-order valence-electron chi connectivity index (χ4n) is 3.57. The van der Waals surface area contributed by atoms with Crippen molar-refractivity contribution in [3.05, 3.63) is 35.0 Å². The van der Waals surface area contributed by atoms with Crippen molar-refractivity contribution < 1.29 is 4.79 Å². The van der Waals surface area contributed by atoms with Gasteiger partial charge in [-0.25, -0.2) is 9.97 Å². The van der Waals surface area contributed by atoms with Crippen LogP contribution in [0.3, 0.4) is 0 Å². The van der Waals surface area contributed by atoms with E-state index >= 15 is 0 Å². The third-order valence-electron chi connectivity index (χ3n) is 5.02. The van der Waals surface area contributed by atoms with Crippen molar-refractivity contribution >= 4 is 11.7 Å². The zero-order valence-electron chi connectivity index (χ0n) is 14.1. The minimum absolute atomic E-state index is 0.0101. The Morgan fingerprint density at radius 2 is 2.21 bits per heavy atom. The van der Waals surface area contributed by atoms with Crippen LogP contribution in [0.2, 0.25) is 0 Å². The summed E-state index contributed by atoms with van der Waals surface area (Å²) >= 11 is 0. The van der Waals surface area contributed by atoms with Crippen LogP contribution in [0, 0.1) is 6.92 Å². The van der Waals surface area contributed by atoms with Crippen LogP contribution in [-0.4, -0.2) is 49.7 Å². The number of nitrogens with one attached hydrogen (secondary N) is 1. The van der Waals surface area contributed by atoms with Crippen LogP contribution in [0.1, 0.15) is 40.3 Å². The number of likely N-dealkylation sites (tertiary alicyclic amines) is 1. The van der Waals surface area contributed by atoms with Crippen LogP contribution >= 0.6 is 0 Å². The molecule has 1 saturated heterocycles. The first-order valence-electron chi connectivity index (χ1n) is 8.51. The zero-order valence-corrected chi connectivity index (χ0v) is 14.1. The van der Waals surface area contributed by atoms with Gasteiger partial charge >= 0.3 is 0 Å². The Bertz CT molecular complexity index is 764. The number of aryl methyl sites for hydroxylation is 3. The lowest BCUT2D eigenvalue weighted by Gasteiger charge is -2.17. The predicted octanol–water partition coefficient (Wildman–Crippen LogP) is 1.33. The molecule has 0 aromatic carbocycles. The highest BCUT2D eigenvalue weighted by Crippen LogP contribution is 2.26. The molecule has 7 heteroatoms. The van der Waals surface area contributed by atoms with Crippen molar-refractivity contribution in [3.8, 4) is 0 Å².